The van der Waals surface area contributed by atoms with Gasteiger partial charge in [0.2, 0.25) is 10.0 Å². The lowest BCUT2D eigenvalue weighted by Crippen LogP contribution is -2.36. The Morgan fingerprint density at radius 1 is 1.36 bits per heavy atom. The van der Waals surface area contributed by atoms with Crippen LogP contribution in [0.3, 0.4) is 0 Å². The van der Waals surface area contributed by atoms with Crippen LogP contribution in [0, 0.1) is 5.92 Å². The van der Waals surface area contributed by atoms with Gasteiger partial charge in [-0.25, -0.2) is 12.7 Å². The molecular weight excluding hydrogens is 200 g/mol. The molecule has 0 aromatic rings. The summed E-state index contributed by atoms with van der Waals surface area (Å²) in [7, 11) is -3.08. The Hall–Kier alpha value is -0.130. The number of nitrogens with zero attached hydrogens (tertiary/aromatic N) is 1. The van der Waals surface area contributed by atoms with E-state index in [1.54, 1.807) is 0 Å². The minimum atomic E-state index is -3.08. The normalized spacial score (nSPS) is 12.7. The Kier molecular flexibility index (Phi) is 6.31. The van der Waals surface area contributed by atoms with Gasteiger partial charge in [0.25, 0.3) is 0 Å². The summed E-state index contributed by atoms with van der Waals surface area (Å²) >= 11 is 0. The van der Waals surface area contributed by atoms with Crippen molar-refractivity contribution in [1.82, 2.24) is 4.31 Å². The van der Waals surface area contributed by atoms with E-state index >= 15 is 0 Å². The molecule has 0 aliphatic heterocycles. The van der Waals surface area contributed by atoms with Crippen LogP contribution >= 0.6 is 0 Å². The molecule has 0 heterocycles. The number of hydrogen-bond acceptors (Lipinski definition) is 3. The van der Waals surface area contributed by atoms with Crippen molar-refractivity contribution in [3.8, 4) is 0 Å². The fourth-order valence-corrected chi connectivity index (χ4v) is 2.96. The number of sulfonamides is 1. The van der Waals surface area contributed by atoms with E-state index in [2.05, 4.69) is 0 Å². The van der Waals surface area contributed by atoms with Gasteiger partial charge in [-0.3, -0.25) is 0 Å². The first-order chi connectivity index (χ1) is 6.44. The van der Waals surface area contributed by atoms with Crippen molar-refractivity contribution < 1.29 is 8.42 Å². The summed E-state index contributed by atoms with van der Waals surface area (Å²) in [5.74, 6) is 0.653. The first kappa shape index (κ1) is 13.9. The predicted octanol–water partition coefficient (Wildman–Crippen LogP) is 0.643. The summed E-state index contributed by atoms with van der Waals surface area (Å²) in [5, 5.41) is 0. The van der Waals surface area contributed by atoms with Crippen molar-refractivity contribution >= 4 is 10.0 Å². The van der Waals surface area contributed by atoms with Crippen molar-refractivity contribution in [2.45, 2.75) is 27.2 Å². The van der Waals surface area contributed by atoms with Gasteiger partial charge < -0.3 is 5.73 Å². The second-order valence-corrected chi connectivity index (χ2v) is 5.87. The molecule has 0 amide bonds. The number of likely N-dealkylation sites (N-methyl/N-ethyl adjacent to an activating group) is 1. The highest BCUT2D eigenvalue weighted by Gasteiger charge is 2.19. The molecular formula is C9H22N2O2S. The van der Waals surface area contributed by atoms with Crippen LogP contribution in [-0.2, 0) is 10.0 Å². The summed E-state index contributed by atoms with van der Waals surface area (Å²) in [6.45, 7) is 7.20. The Morgan fingerprint density at radius 3 is 2.29 bits per heavy atom. The average Bonchev–Trinajstić information content (AvgIpc) is 2.11. The minimum Gasteiger partial charge on any atom is -0.329 e. The van der Waals surface area contributed by atoms with E-state index in [0.29, 0.717) is 32.0 Å². The summed E-state index contributed by atoms with van der Waals surface area (Å²) < 4.78 is 24.9. The van der Waals surface area contributed by atoms with Gasteiger partial charge >= 0.3 is 0 Å². The molecule has 86 valence electrons. The van der Waals surface area contributed by atoms with Crippen molar-refractivity contribution in [2.75, 3.05) is 25.4 Å². The first-order valence-corrected chi connectivity index (χ1v) is 6.72. The molecule has 2 N–H and O–H groups in total. The first-order valence-electron chi connectivity index (χ1n) is 5.12. The zero-order valence-corrected chi connectivity index (χ0v) is 10.2. The third-order valence-corrected chi connectivity index (χ3v) is 4.06. The third kappa shape index (κ3) is 4.93. The number of hydrogen-bond donors (Lipinski definition) is 1. The highest BCUT2D eigenvalue weighted by atomic mass is 32.2. The molecule has 0 aliphatic rings. The van der Waals surface area contributed by atoms with E-state index in [4.69, 9.17) is 5.73 Å². The second kappa shape index (κ2) is 6.37. The topological polar surface area (TPSA) is 63.4 Å². The van der Waals surface area contributed by atoms with Crippen molar-refractivity contribution in [2.24, 2.45) is 11.7 Å². The summed E-state index contributed by atoms with van der Waals surface area (Å²) in [4.78, 5) is 0. The SMILES string of the molecule is CCN(CCN)S(=O)(=O)CCC(C)C. The molecule has 14 heavy (non-hydrogen) atoms. The quantitative estimate of drug-likeness (QED) is 0.687. The maximum Gasteiger partial charge on any atom is 0.214 e. The van der Waals surface area contributed by atoms with Gasteiger partial charge in [0.1, 0.15) is 0 Å². The van der Waals surface area contributed by atoms with Gasteiger partial charge in [0.15, 0.2) is 0 Å². The van der Waals surface area contributed by atoms with Gasteiger partial charge in [-0.05, 0) is 12.3 Å². The van der Waals surface area contributed by atoms with Crippen LogP contribution in [-0.4, -0.2) is 38.1 Å². The van der Waals surface area contributed by atoms with Gasteiger partial charge in [-0.15, -0.1) is 0 Å². The third-order valence-electron chi connectivity index (χ3n) is 2.08. The summed E-state index contributed by atoms with van der Waals surface area (Å²) in [6.07, 6.45) is 0.712. The molecule has 0 aromatic heterocycles. The Labute approximate surface area is 87.5 Å². The lowest BCUT2D eigenvalue weighted by atomic mass is 10.2. The van der Waals surface area contributed by atoms with E-state index < -0.39 is 10.0 Å². The largest absolute Gasteiger partial charge is 0.329 e. The molecule has 0 saturated heterocycles. The fraction of sp³-hybridized carbons (Fsp3) is 1.00. The second-order valence-electron chi connectivity index (χ2n) is 3.78. The fourth-order valence-electron chi connectivity index (χ4n) is 1.15. The lowest BCUT2D eigenvalue weighted by Gasteiger charge is -2.19. The van der Waals surface area contributed by atoms with E-state index in [1.807, 2.05) is 20.8 Å². The summed E-state index contributed by atoms with van der Waals surface area (Å²) in [5.41, 5.74) is 5.35. The van der Waals surface area contributed by atoms with Gasteiger partial charge in [-0.2, -0.15) is 0 Å². The van der Waals surface area contributed by atoms with Crippen molar-refractivity contribution in [1.29, 1.82) is 0 Å². The molecule has 0 aliphatic carbocycles. The number of rotatable bonds is 7. The monoisotopic (exact) mass is 222 g/mol. The molecule has 0 spiro atoms. The molecule has 0 bridgehead atoms. The average molecular weight is 222 g/mol. The van der Waals surface area contributed by atoms with Crippen LogP contribution in [0.4, 0.5) is 0 Å². The zero-order valence-electron chi connectivity index (χ0n) is 9.36. The maximum atomic E-state index is 11.7. The Bertz CT molecular complexity index is 237. The van der Waals surface area contributed by atoms with E-state index in [1.165, 1.54) is 4.31 Å². The minimum absolute atomic E-state index is 0.235. The van der Waals surface area contributed by atoms with Crippen LogP contribution in [0.15, 0.2) is 0 Å². The summed E-state index contributed by atoms with van der Waals surface area (Å²) in [6, 6.07) is 0. The maximum absolute atomic E-state index is 11.7. The zero-order chi connectivity index (χ0) is 11.2. The smallest absolute Gasteiger partial charge is 0.214 e. The molecule has 0 unspecified atom stereocenters. The highest BCUT2D eigenvalue weighted by Crippen LogP contribution is 2.07. The number of nitrogens with two attached hydrogens (primary N) is 1. The van der Waals surface area contributed by atoms with E-state index in [0.717, 1.165) is 0 Å². The van der Waals surface area contributed by atoms with E-state index in [9.17, 15) is 8.42 Å². The van der Waals surface area contributed by atoms with Crippen molar-refractivity contribution in [3.05, 3.63) is 0 Å². The molecule has 0 aromatic carbocycles. The molecule has 0 saturated carbocycles. The molecule has 0 atom stereocenters. The van der Waals surface area contributed by atoms with Crippen LogP contribution in [0.2, 0.25) is 0 Å². The molecule has 5 heteroatoms. The van der Waals surface area contributed by atoms with Gasteiger partial charge in [0.05, 0.1) is 5.75 Å². The van der Waals surface area contributed by atoms with E-state index in [-0.39, 0.29) is 5.75 Å². The van der Waals surface area contributed by atoms with Gasteiger partial charge in [-0.1, -0.05) is 20.8 Å². The van der Waals surface area contributed by atoms with Gasteiger partial charge in [0, 0.05) is 19.6 Å². The lowest BCUT2D eigenvalue weighted by molar-refractivity contribution is 0.431. The molecule has 0 radical (unpaired) electrons. The van der Waals surface area contributed by atoms with Crippen molar-refractivity contribution in [3.63, 3.8) is 0 Å². The molecule has 4 nitrogen and oxygen atoms in total. The Morgan fingerprint density at radius 2 is 1.93 bits per heavy atom. The van der Waals surface area contributed by atoms with Crippen LogP contribution in [0.25, 0.3) is 0 Å². The van der Waals surface area contributed by atoms with Crippen LogP contribution in [0.1, 0.15) is 27.2 Å². The highest BCUT2D eigenvalue weighted by molar-refractivity contribution is 7.89. The van der Waals surface area contributed by atoms with Crippen LogP contribution < -0.4 is 5.73 Å². The van der Waals surface area contributed by atoms with Crippen LogP contribution in [0.5, 0.6) is 0 Å². The Balaban J connectivity index is 4.27. The molecule has 0 rings (SSSR count). The predicted molar refractivity (Wildman–Crippen MR) is 59.5 cm³/mol. The standard InChI is InChI=1S/C9H22N2O2S/c1-4-11(7-6-10)14(12,13)8-5-9(2)3/h9H,4-8,10H2,1-3H3. The molecule has 0 fully saturated rings.